The number of benzene rings is 2. The maximum atomic E-state index is 12.2. The number of carbonyl (C=O) groups excluding carboxylic acids is 1. The van der Waals surface area contributed by atoms with Crippen molar-refractivity contribution in [1.29, 1.82) is 0 Å². The van der Waals surface area contributed by atoms with E-state index in [1.54, 1.807) is 11.8 Å². The van der Waals surface area contributed by atoms with Gasteiger partial charge in [0.05, 0.1) is 11.8 Å². The molecule has 128 valence electrons. The molecule has 0 heterocycles. The fraction of sp³-hybridized carbons (Fsp3) is 0.381. The fourth-order valence-corrected chi connectivity index (χ4v) is 3.66. The van der Waals surface area contributed by atoms with Crippen LogP contribution < -0.4 is 5.32 Å². The first kappa shape index (κ1) is 18.6. The lowest BCUT2D eigenvalue weighted by Gasteiger charge is -2.18. The van der Waals surface area contributed by atoms with Gasteiger partial charge in [-0.05, 0) is 62.4 Å². The maximum absolute atomic E-state index is 12.2. The molecule has 3 heteroatoms. The molecule has 1 amide bonds. The molecular formula is C21H27NOS. The van der Waals surface area contributed by atoms with Crippen LogP contribution in [0.2, 0.25) is 0 Å². The van der Waals surface area contributed by atoms with E-state index in [2.05, 4.69) is 76.3 Å². The Morgan fingerprint density at radius 2 is 1.75 bits per heavy atom. The van der Waals surface area contributed by atoms with Crippen molar-refractivity contribution in [2.24, 2.45) is 0 Å². The van der Waals surface area contributed by atoms with Crippen LogP contribution in [0.4, 0.5) is 0 Å². The maximum Gasteiger partial charge on any atom is 0.230 e. The lowest BCUT2D eigenvalue weighted by molar-refractivity contribution is -0.119. The van der Waals surface area contributed by atoms with Crippen LogP contribution in [0.15, 0.2) is 36.4 Å². The average Bonchev–Trinajstić information content (AvgIpc) is 2.50. The normalized spacial score (nSPS) is 12.0. The summed E-state index contributed by atoms with van der Waals surface area (Å²) in [6.07, 6.45) is 0. The standard InChI is InChI=1S/C21H27NOS/c1-14-7-6-8-19(9-14)12-24-13-21(23)22-18(5)20-11-16(3)15(2)10-17(20)4/h6-11,18H,12-13H2,1-5H3,(H,22,23). The summed E-state index contributed by atoms with van der Waals surface area (Å²) >= 11 is 1.66. The molecule has 0 fully saturated rings. The highest BCUT2D eigenvalue weighted by Gasteiger charge is 2.13. The number of thioether (sulfide) groups is 1. The molecule has 0 spiro atoms. The summed E-state index contributed by atoms with van der Waals surface area (Å²) in [5.74, 6) is 1.45. The molecule has 1 atom stereocenters. The van der Waals surface area contributed by atoms with E-state index in [0.717, 1.165) is 5.75 Å². The number of nitrogens with one attached hydrogen (secondary N) is 1. The van der Waals surface area contributed by atoms with Gasteiger partial charge in [-0.2, -0.15) is 0 Å². The molecule has 2 nitrogen and oxygen atoms in total. The molecule has 0 aliphatic heterocycles. The third-order valence-corrected chi connectivity index (χ3v) is 5.31. The molecule has 1 N–H and O–H groups in total. The van der Waals surface area contributed by atoms with Crippen molar-refractivity contribution in [3.63, 3.8) is 0 Å². The summed E-state index contributed by atoms with van der Waals surface area (Å²) in [7, 11) is 0. The van der Waals surface area contributed by atoms with Gasteiger partial charge in [0.2, 0.25) is 5.91 Å². The number of carbonyl (C=O) groups is 1. The van der Waals surface area contributed by atoms with Gasteiger partial charge in [-0.15, -0.1) is 11.8 Å². The zero-order valence-corrected chi connectivity index (χ0v) is 16.1. The summed E-state index contributed by atoms with van der Waals surface area (Å²) in [5.41, 5.74) is 7.53. The van der Waals surface area contributed by atoms with E-state index in [9.17, 15) is 4.79 Å². The summed E-state index contributed by atoms with van der Waals surface area (Å²) < 4.78 is 0. The SMILES string of the molecule is Cc1cccc(CSCC(=O)NC(C)c2cc(C)c(C)cc2C)c1. The Bertz CT molecular complexity index is 724. The van der Waals surface area contributed by atoms with Crippen molar-refractivity contribution in [2.75, 3.05) is 5.75 Å². The Morgan fingerprint density at radius 1 is 1.04 bits per heavy atom. The number of hydrogen-bond donors (Lipinski definition) is 1. The van der Waals surface area contributed by atoms with Crippen LogP contribution in [0.25, 0.3) is 0 Å². The average molecular weight is 342 g/mol. The van der Waals surface area contributed by atoms with Crippen LogP contribution in [0.5, 0.6) is 0 Å². The van der Waals surface area contributed by atoms with Crippen molar-refractivity contribution < 1.29 is 4.79 Å². The van der Waals surface area contributed by atoms with Gasteiger partial charge >= 0.3 is 0 Å². The van der Waals surface area contributed by atoms with Gasteiger partial charge in [0, 0.05) is 5.75 Å². The van der Waals surface area contributed by atoms with Gasteiger partial charge in [-0.25, -0.2) is 0 Å². The van der Waals surface area contributed by atoms with E-state index in [-0.39, 0.29) is 11.9 Å². The van der Waals surface area contributed by atoms with E-state index in [1.807, 2.05) is 0 Å². The van der Waals surface area contributed by atoms with Crippen molar-refractivity contribution in [2.45, 2.75) is 46.4 Å². The molecule has 0 radical (unpaired) electrons. The number of amides is 1. The van der Waals surface area contributed by atoms with E-state index in [4.69, 9.17) is 0 Å². The minimum absolute atomic E-state index is 0.0383. The van der Waals surface area contributed by atoms with Gasteiger partial charge in [-0.3, -0.25) is 4.79 Å². The molecule has 2 rings (SSSR count). The minimum Gasteiger partial charge on any atom is -0.349 e. The van der Waals surface area contributed by atoms with Crippen LogP contribution >= 0.6 is 11.8 Å². The van der Waals surface area contributed by atoms with Crippen LogP contribution in [-0.4, -0.2) is 11.7 Å². The first-order valence-corrected chi connectivity index (χ1v) is 9.52. The molecule has 2 aromatic rings. The number of rotatable bonds is 6. The predicted molar refractivity (Wildman–Crippen MR) is 105 cm³/mol. The van der Waals surface area contributed by atoms with Crippen LogP contribution in [-0.2, 0) is 10.5 Å². The molecule has 0 aliphatic carbocycles. The lowest BCUT2D eigenvalue weighted by atomic mass is 9.96. The summed E-state index contributed by atoms with van der Waals surface area (Å²) in [6, 6.07) is 12.9. The first-order valence-electron chi connectivity index (χ1n) is 8.37. The molecule has 2 aromatic carbocycles. The minimum atomic E-state index is 0.0383. The van der Waals surface area contributed by atoms with Crippen molar-refractivity contribution in [1.82, 2.24) is 5.32 Å². The molecule has 0 saturated carbocycles. The van der Waals surface area contributed by atoms with E-state index >= 15 is 0 Å². The summed E-state index contributed by atoms with van der Waals surface area (Å²) in [4.78, 5) is 12.2. The summed E-state index contributed by atoms with van der Waals surface area (Å²) in [5, 5.41) is 3.12. The van der Waals surface area contributed by atoms with Gasteiger partial charge in [0.25, 0.3) is 0 Å². The fourth-order valence-electron chi connectivity index (χ4n) is 2.87. The Morgan fingerprint density at radius 3 is 2.46 bits per heavy atom. The smallest absolute Gasteiger partial charge is 0.230 e. The van der Waals surface area contributed by atoms with Gasteiger partial charge in [-0.1, -0.05) is 42.0 Å². The highest BCUT2D eigenvalue weighted by Crippen LogP contribution is 2.22. The Balaban J connectivity index is 1.87. The predicted octanol–water partition coefficient (Wildman–Crippen LogP) is 5.03. The second-order valence-corrected chi connectivity index (χ2v) is 7.55. The molecule has 1 unspecified atom stereocenters. The van der Waals surface area contributed by atoms with Crippen LogP contribution in [0, 0.1) is 27.7 Å². The second-order valence-electron chi connectivity index (χ2n) is 6.56. The number of aryl methyl sites for hydroxylation is 4. The summed E-state index contributed by atoms with van der Waals surface area (Å²) in [6.45, 7) is 10.5. The van der Waals surface area contributed by atoms with Crippen molar-refractivity contribution in [3.8, 4) is 0 Å². The lowest BCUT2D eigenvalue weighted by Crippen LogP contribution is -2.28. The zero-order valence-electron chi connectivity index (χ0n) is 15.3. The highest BCUT2D eigenvalue weighted by atomic mass is 32.2. The Hall–Kier alpha value is -1.74. The monoisotopic (exact) mass is 341 g/mol. The van der Waals surface area contributed by atoms with Crippen LogP contribution in [0.3, 0.4) is 0 Å². The van der Waals surface area contributed by atoms with E-state index < -0.39 is 0 Å². The number of hydrogen-bond acceptors (Lipinski definition) is 2. The third-order valence-electron chi connectivity index (χ3n) is 4.31. The molecular weight excluding hydrogens is 314 g/mol. The van der Waals surface area contributed by atoms with Crippen molar-refractivity contribution >= 4 is 17.7 Å². The topological polar surface area (TPSA) is 29.1 Å². The van der Waals surface area contributed by atoms with E-state index in [1.165, 1.54) is 33.4 Å². The quantitative estimate of drug-likeness (QED) is 0.798. The molecule has 24 heavy (non-hydrogen) atoms. The van der Waals surface area contributed by atoms with Crippen molar-refractivity contribution in [3.05, 3.63) is 69.8 Å². The second kappa shape index (κ2) is 8.39. The third kappa shape index (κ3) is 5.13. The Labute approximate surface area is 150 Å². The molecule has 0 bridgehead atoms. The first-order chi connectivity index (χ1) is 11.4. The molecule has 0 aliphatic rings. The molecule has 0 saturated heterocycles. The van der Waals surface area contributed by atoms with Crippen LogP contribution in [0.1, 0.15) is 46.3 Å². The molecule has 0 aromatic heterocycles. The van der Waals surface area contributed by atoms with Gasteiger partial charge in [0.15, 0.2) is 0 Å². The van der Waals surface area contributed by atoms with E-state index in [0.29, 0.717) is 5.75 Å². The Kier molecular flexibility index (Phi) is 6.50. The largest absolute Gasteiger partial charge is 0.349 e. The van der Waals surface area contributed by atoms with Gasteiger partial charge < -0.3 is 5.32 Å². The highest BCUT2D eigenvalue weighted by molar-refractivity contribution is 7.99. The van der Waals surface area contributed by atoms with Gasteiger partial charge in [0.1, 0.15) is 0 Å². The zero-order chi connectivity index (χ0) is 17.7.